The molecule has 0 saturated carbocycles. The summed E-state index contributed by atoms with van der Waals surface area (Å²) < 4.78 is 6.15. The van der Waals surface area contributed by atoms with Crippen molar-refractivity contribution in [2.75, 3.05) is 13.2 Å². The molecule has 2 rings (SSSR count). The summed E-state index contributed by atoms with van der Waals surface area (Å²) in [6, 6.07) is 6.87. The Hall–Kier alpha value is -1.79. The molecule has 0 unspecified atom stereocenters. The van der Waals surface area contributed by atoms with Crippen LogP contribution in [0.3, 0.4) is 0 Å². The van der Waals surface area contributed by atoms with Crippen LogP contribution >= 0.6 is 0 Å². The quantitative estimate of drug-likeness (QED) is 0.281. The lowest BCUT2D eigenvalue weighted by Crippen LogP contribution is -2.40. The summed E-state index contributed by atoms with van der Waals surface area (Å²) in [7, 11) is -1.68. The molecule has 0 aromatic heterocycles. The van der Waals surface area contributed by atoms with Crippen LogP contribution in [0.4, 0.5) is 0 Å². The van der Waals surface area contributed by atoms with E-state index in [2.05, 4.69) is 33.9 Å². The molecule has 6 heteroatoms. The Kier molecular flexibility index (Phi) is 7.94. The molecule has 0 radical (unpaired) electrons. The van der Waals surface area contributed by atoms with Crippen LogP contribution < -0.4 is 0 Å². The molecule has 1 heterocycles. The van der Waals surface area contributed by atoms with Gasteiger partial charge in [-0.15, -0.1) is 0 Å². The number of nitrogens with zero attached hydrogens (tertiary/aromatic N) is 1. The molecule has 0 bridgehead atoms. The van der Waals surface area contributed by atoms with Gasteiger partial charge in [0, 0.05) is 26.0 Å². The Balaban J connectivity index is 1.59. The van der Waals surface area contributed by atoms with Gasteiger partial charge in [0.15, 0.2) is 8.32 Å². The van der Waals surface area contributed by atoms with E-state index in [0.717, 1.165) is 25.9 Å². The number of imide groups is 1. The maximum Gasteiger partial charge on any atom is 0.261 e. The molecule has 0 atom stereocenters. The average molecular weight is 418 g/mol. The van der Waals surface area contributed by atoms with E-state index in [0.29, 0.717) is 36.9 Å². The lowest BCUT2D eigenvalue weighted by molar-refractivity contribution is -0.119. The number of ketones is 1. The van der Waals surface area contributed by atoms with Crippen molar-refractivity contribution < 1.29 is 18.8 Å². The number of rotatable bonds is 11. The van der Waals surface area contributed by atoms with E-state index in [9.17, 15) is 14.4 Å². The van der Waals surface area contributed by atoms with E-state index in [1.54, 1.807) is 24.3 Å². The molecule has 5 nitrogen and oxygen atoms in total. The van der Waals surface area contributed by atoms with Crippen molar-refractivity contribution in [1.29, 1.82) is 0 Å². The molecular weight excluding hydrogens is 382 g/mol. The first-order valence-corrected chi connectivity index (χ1v) is 13.6. The van der Waals surface area contributed by atoms with Gasteiger partial charge in [-0.2, -0.15) is 0 Å². The van der Waals surface area contributed by atoms with Gasteiger partial charge < -0.3 is 4.43 Å². The fraction of sp³-hybridized carbons (Fsp3) is 0.609. The smallest absolute Gasteiger partial charge is 0.261 e. The molecule has 1 aromatic rings. The SMILES string of the molecule is CC(C)(C)[Si](C)(C)OCCCCCC(=O)CCCN1C(=O)c2ccccc2C1=O. The minimum atomic E-state index is -1.68. The second kappa shape index (κ2) is 9.81. The first kappa shape index (κ1) is 23.5. The zero-order valence-corrected chi connectivity index (χ0v) is 19.5. The fourth-order valence-electron chi connectivity index (χ4n) is 3.15. The number of hydrogen-bond acceptors (Lipinski definition) is 4. The Morgan fingerprint density at radius 2 is 1.48 bits per heavy atom. The highest BCUT2D eigenvalue weighted by atomic mass is 28.4. The molecule has 29 heavy (non-hydrogen) atoms. The van der Waals surface area contributed by atoms with Crippen molar-refractivity contribution in [2.24, 2.45) is 0 Å². The monoisotopic (exact) mass is 417 g/mol. The molecule has 0 fully saturated rings. The third kappa shape index (κ3) is 6.09. The van der Waals surface area contributed by atoms with Gasteiger partial charge in [-0.3, -0.25) is 19.3 Å². The van der Waals surface area contributed by atoms with Crippen LogP contribution in [0.2, 0.25) is 18.1 Å². The Morgan fingerprint density at radius 1 is 0.931 bits per heavy atom. The minimum absolute atomic E-state index is 0.201. The number of carbonyl (C=O) groups is 3. The number of fused-ring (bicyclic) bond motifs is 1. The van der Waals surface area contributed by atoms with Crippen molar-refractivity contribution in [3.8, 4) is 0 Å². The summed E-state index contributed by atoms with van der Waals surface area (Å²) in [5.74, 6) is -0.300. The highest BCUT2D eigenvalue weighted by Gasteiger charge is 2.37. The lowest BCUT2D eigenvalue weighted by atomic mass is 10.1. The van der Waals surface area contributed by atoms with Gasteiger partial charge in [0.1, 0.15) is 5.78 Å². The normalized spacial score (nSPS) is 14.4. The number of unbranched alkanes of at least 4 members (excludes halogenated alkanes) is 2. The van der Waals surface area contributed by atoms with Crippen LogP contribution in [0.1, 0.15) is 80.0 Å². The summed E-state index contributed by atoms with van der Waals surface area (Å²) in [4.78, 5) is 38.0. The van der Waals surface area contributed by atoms with Gasteiger partial charge >= 0.3 is 0 Å². The van der Waals surface area contributed by atoms with E-state index in [4.69, 9.17) is 4.43 Å². The number of benzene rings is 1. The van der Waals surface area contributed by atoms with Crippen LogP contribution in [0, 0.1) is 0 Å². The number of Topliss-reactive ketones (excluding diaryl/α,β-unsaturated/α-hetero) is 1. The van der Waals surface area contributed by atoms with Crippen molar-refractivity contribution in [2.45, 2.75) is 77.4 Å². The van der Waals surface area contributed by atoms with Gasteiger partial charge in [0.05, 0.1) is 11.1 Å². The third-order valence-electron chi connectivity index (χ3n) is 6.08. The van der Waals surface area contributed by atoms with Crippen molar-refractivity contribution >= 4 is 25.9 Å². The maximum atomic E-state index is 12.3. The summed E-state index contributed by atoms with van der Waals surface area (Å²) in [6.45, 7) is 12.3. The molecular formula is C23H35NO4Si. The maximum absolute atomic E-state index is 12.3. The lowest BCUT2D eigenvalue weighted by Gasteiger charge is -2.36. The predicted octanol–water partition coefficient (Wildman–Crippen LogP) is 5.21. The van der Waals surface area contributed by atoms with Crippen molar-refractivity contribution in [3.63, 3.8) is 0 Å². The van der Waals surface area contributed by atoms with E-state index in [1.165, 1.54) is 4.90 Å². The highest BCUT2D eigenvalue weighted by molar-refractivity contribution is 6.74. The molecule has 0 spiro atoms. The van der Waals surface area contributed by atoms with Gasteiger partial charge in [0.2, 0.25) is 0 Å². The second-order valence-electron chi connectivity index (χ2n) is 9.37. The number of carbonyl (C=O) groups excluding carboxylic acids is 3. The number of amides is 2. The van der Waals surface area contributed by atoms with Crippen LogP contribution in [0.25, 0.3) is 0 Å². The molecule has 2 amide bonds. The first-order valence-electron chi connectivity index (χ1n) is 10.7. The summed E-state index contributed by atoms with van der Waals surface area (Å²) in [5.41, 5.74) is 0.924. The van der Waals surface area contributed by atoms with E-state index >= 15 is 0 Å². The van der Waals surface area contributed by atoms with Crippen molar-refractivity contribution in [3.05, 3.63) is 35.4 Å². The van der Waals surface area contributed by atoms with Gasteiger partial charge in [0.25, 0.3) is 11.8 Å². The van der Waals surface area contributed by atoms with Crippen LogP contribution in [-0.2, 0) is 9.22 Å². The van der Waals surface area contributed by atoms with E-state index < -0.39 is 8.32 Å². The number of hydrogen-bond donors (Lipinski definition) is 0. The first-order chi connectivity index (χ1) is 13.5. The third-order valence-corrected chi connectivity index (χ3v) is 10.6. The molecule has 160 valence electrons. The largest absolute Gasteiger partial charge is 0.417 e. The molecule has 1 aromatic carbocycles. The summed E-state index contributed by atoms with van der Waals surface area (Å²) >= 11 is 0. The molecule has 1 aliphatic rings. The van der Waals surface area contributed by atoms with Gasteiger partial charge in [-0.25, -0.2) is 0 Å². The predicted molar refractivity (Wildman–Crippen MR) is 118 cm³/mol. The van der Waals surface area contributed by atoms with Crippen LogP contribution in [0.5, 0.6) is 0 Å². The molecule has 0 aliphatic carbocycles. The zero-order valence-electron chi connectivity index (χ0n) is 18.5. The summed E-state index contributed by atoms with van der Waals surface area (Å²) in [5, 5.41) is 0.225. The topological polar surface area (TPSA) is 63.7 Å². The standard InChI is InChI=1S/C23H35NO4Si/c1-23(2,3)29(4,5)28-17-10-6-7-12-18(25)13-11-16-24-21(26)19-14-8-9-15-20(19)22(24)27/h8-9,14-15H,6-7,10-13,16-17H2,1-5H3. The van der Waals surface area contributed by atoms with Crippen molar-refractivity contribution in [1.82, 2.24) is 4.90 Å². The fourth-order valence-corrected chi connectivity index (χ4v) is 4.23. The minimum Gasteiger partial charge on any atom is -0.417 e. The Bertz CT molecular complexity index is 716. The zero-order chi connectivity index (χ0) is 21.7. The van der Waals surface area contributed by atoms with E-state index in [-0.39, 0.29) is 22.6 Å². The Labute approximate surface area is 175 Å². The molecule has 0 N–H and O–H groups in total. The molecule has 0 saturated heterocycles. The van der Waals surface area contributed by atoms with Gasteiger partial charge in [-0.1, -0.05) is 39.3 Å². The summed E-state index contributed by atoms with van der Waals surface area (Å²) in [6.07, 6.45) is 4.33. The van der Waals surface area contributed by atoms with E-state index in [1.807, 2.05) is 0 Å². The van der Waals surface area contributed by atoms with Crippen LogP contribution in [-0.4, -0.2) is 44.0 Å². The average Bonchev–Trinajstić information content (AvgIpc) is 2.89. The van der Waals surface area contributed by atoms with Gasteiger partial charge in [-0.05, 0) is 49.5 Å². The highest BCUT2D eigenvalue weighted by Crippen LogP contribution is 2.36. The van der Waals surface area contributed by atoms with Crippen LogP contribution in [0.15, 0.2) is 24.3 Å². The molecule has 1 aliphatic heterocycles. The second-order valence-corrected chi connectivity index (χ2v) is 14.2. The Morgan fingerprint density at radius 3 is 2.03 bits per heavy atom.